The molecular weight excluding hydrogens is 568 g/mol. The van der Waals surface area contributed by atoms with Crippen molar-refractivity contribution >= 4 is 38.2 Å². The first-order valence-corrected chi connectivity index (χ1v) is 13.6. The Kier molecular flexibility index (Phi) is 7.96. The molecule has 3 aromatic rings. The highest BCUT2D eigenvalue weighted by molar-refractivity contribution is 7.47. The van der Waals surface area contributed by atoms with Crippen molar-refractivity contribution in [1.82, 2.24) is 24.1 Å². The molecule has 0 aromatic carbocycles. The number of aromatic amines is 1. The van der Waals surface area contributed by atoms with Crippen LogP contribution in [0.1, 0.15) is 25.3 Å². The first-order valence-electron chi connectivity index (χ1n) is 12.1. The van der Waals surface area contributed by atoms with Crippen LogP contribution in [0.3, 0.4) is 0 Å². The minimum absolute atomic E-state index is 0.00382. The maximum atomic E-state index is 12.8. The first-order chi connectivity index (χ1) is 19.5. The molecule has 2 aliphatic rings. The third-order valence-corrected chi connectivity index (χ3v) is 7.56. The zero-order valence-corrected chi connectivity index (χ0v) is 22.0. The molecule has 0 saturated carbocycles. The van der Waals surface area contributed by atoms with E-state index in [0.29, 0.717) is 0 Å². The maximum Gasteiger partial charge on any atom is 0.472 e. The van der Waals surface area contributed by atoms with Crippen molar-refractivity contribution in [2.45, 2.75) is 49.7 Å². The van der Waals surface area contributed by atoms with E-state index in [0.717, 1.165) is 12.0 Å². The van der Waals surface area contributed by atoms with E-state index >= 15 is 0 Å². The summed E-state index contributed by atoms with van der Waals surface area (Å²) in [7, 11) is -3.75. The van der Waals surface area contributed by atoms with Gasteiger partial charge in [-0.25, -0.2) is 9.36 Å². The van der Waals surface area contributed by atoms with Gasteiger partial charge in [0.25, 0.3) is 11.2 Å². The predicted molar refractivity (Wildman–Crippen MR) is 135 cm³/mol. The number of anilines is 2. The second kappa shape index (κ2) is 11.3. The van der Waals surface area contributed by atoms with Gasteiger partial charge in [0.2, 0.25) is 17.7 Å². The fourth-order valence-corrected chi connectivity index (χ4v) is 5.66. The van der Waals surface area contributed by atoms with E-state index in [1.165, 1.54) is 27.6 Å². The Balaban J connectivity index is 1.27. The molecule has 0 amide bonds. The molecule has 0 bridgehead atoms. The van der Waals surface area contributed by atoms with Gasteiger partial charge in [-0.2, -0.15) is 20.5 Å². The summed E-state index contributed by atoms with van der Waals surface area (Å²) in [5.41, 5.74) is 9.90. The van der Waals surface area contributed by atoms with Gasteiger partial charge in [0, 0.05) is 19.0 Å². The number of aromatic nitrogens is 6. The molecule has 2 saturated heterocycles. The zero-order valence-electron chi connectivity index (χ0n) is 21.1. The number of aliphatic hydroxyl groups is 2. The minimum atomic E-state index is -4.80. The Hall–Kier alpha value is -3.67. The summed E-state index contributed by atoms with van der Waals surface area (Å²) in [6.45, 7) is -1.17. The van der Waals surface area contributed by atoms with E-state index in [2.05, 4.69) is 15.0 Å². The number of phosphoric acid groups is 1. The van der Waals surface area contributed by atoms with Crippen LogP contribution in [0.15, 0.2) is 28.2 Å². The molecular formula is C20H25BN9O10P. The van der Waals surface area contributed by atoms with Crippen LogP contribution in [0.5, 0.6) is 0 Å². The summed E-state index contributed by atoms with van der Waals surface area (Å²) < 4.78 is 38.3. The number of nitrogen functional groups attached to an aromatic ring is 2. The Morgan fingerprint density at radius 2 is 1.98 bits per heavy atom. The molecule has 3 aromatic heterocycles. The fraction of sp³-hybridized carbons (Fsp3) is 0.500. The van der Waals surface area contributed by atoms with E-state index in [9.17, 15) is 29.3 Å². The number of hydrogen-bond acceptors (Lipinski definition) is 14. The van der Waals surface area contributed by atoms with Crippen molar-refractivity contribution in [1.29, 1.82) is 5.26 Å². The fourth-order valence-electron chi connectivity index (χ4n) is 4.70. The molecule has 5 rings (SSSR count). The molecule has 2 radical (unpaired) electrons. The van der Waals surface area contributed by atoms with Gasteiger partial charge in [0.15, 0.2) is 6.33 Å². The minimum Gasteiger partial charge on any atom is -0.465 e. The van der Waals surface area contributed by atoms with Crippen LogP contribution in [-0.2, 0) is 23.1 Å². The largest absolute Gasteiger partial charge is 0.472 e. The molecule has 218 valence electrons. The summed E-state index contributed by atoms with van der Waals surface area (Å²) in [4.78, 5) is 45.0. The normalized spacial score (nSPS) is 27.7. The van der Waals surface area contributed by atoms with Gasteiger partial charge in [-0.3, -0.25) is 28.7 Å². The first kappa shape index (κ1) is 28.8. The van der Waals surface area contributed by atoms with Crippen LogP contribution < -0.4 is 27.2 Å². The number of fused-ring (bicyclic) bond motifs is 1. The number of nitrogens with two attached hydrogens (primary N) is 2. The summed E-state index contributed by atoms with van der Waals surface area (Å²) in [6.07, 6.45) is -3.74. The molecule has 2 fully saturated rings. The van der Waals surface area contributed by atoms with Crippen LogP contribution in [0, 0.1) is 11.2 Å². The van der Waals surface area contributed by atoms with Crippen molar-refractivity contribution in [3.63, 3.8) is 0 Å². The number of nitrogens with zero attached hydrogens (tertiary/aromatic N) is 6. The number of rotatable bonds is 9. The molecule has 19 nitrogen and oxygen atoms in total. The van der Waals surface area contributed by atoms with Gasteiger partial charge >= 0.3 is 13.5 Å². The van der Waals surface area contributed by atoms with Crippen molar-refractivity contribution in [2.75, 3.05) is 24.7 Å². The molecule has 7 unspecified atom stereocenters. The summed E-state index contributed by atoms with van der Waals surface area (Å²) in [6, 6.07) is 1.38. The molecule has 2 aliphatic heterocycles. The Labute approximate surface area is 230 Å². The highest BCUT2D eigenvalue weighted by Crippen LogP contribution is 2.49. The quantitative estimate of drug-likeness (QED) is 0.105. The Morgan fingerprint density at radius 1 is 1.24 bits per heavy atom. The lowest BCUT2D eigenvalue weighted by atomic mass is 9.98. The SMILES string of the molecule is N#C[B-][n+]1cn(C2CC(OP(=O)(O)OCC3OC(n4ccc(N)nc4=O)CC3O)C(CO)O2)c2nc(N)[nH]c(=O)c21. The number of aliphatic hydroxyl groups excluding tert-OH is 2. The smallest absolute Gasteiger partial charge is 0.465 e. The van der Waals surface area contributed by atoms with Crippen molar-refractivity contribution in [3.8, 4) is 5.97 Å². The second-order valence-corrected chi connectivity index (χ2v) is 10.6. The number of H-pyrrole nitrogens is 1. The van der Waals surface area contributed by atoms with E-state index in [1.54, 1.807) is 5.97 Å². The van der Waals surface area contributed by atoms with Gasteiger partial charge in [0.05, 0.1) is 26.7 Å². The summed E-state index contributed by atoms with van der Waals surface area (Å²) in [5.74, 6) is 1.63. The Morgan fingerprint density at radius 3 is 2.68 bits per heavy atom. The zero-order chi connectivity index (χ0) is 29.5. The molecule has 7 atom stereocenters. The number of nitriles is 1. The number of imidazole rings is 1. The molecule has 0 aliphatic carbocycles. The number of ether oxygens (including phenoxy) is 2. The van der Waals surface area contributed by atoms with Crippen LogP contribution in [0.4, 0.5) is 11.8 Å². The van der Waals surface area contributed by atoms with E-state index < -0.39 is 69.2 Å². The lowest BCUT2D eigenvalue weighted by Crippen LogP contribution is -2.41. The van der Waals surface area contributed by atoms with Crippen LogP contribution in [-0.4, -0.2) is 84.2 Å². The number of nitrogens with one attached hydrogen (secondary N) is 1. The van der Waals surface area contributed by atoms with Crippen LogP contribution in [0.2, 0.25) is 0 Å². The molecule has 0 spiro atoms. The van der Waals surface area contributed by atoms with Gasteiger partial charge in [-0.15, -0.1) is 0 Å². The van der Waals surface area contributed by atoms with Gasteiger partial charge < -0.3 is 40.5 Å². The monoisotopic (exact) mass is 593 g/mol. The highest BCUT2D eigenvalue weighted by Gasteiger charge is 2.45. The lowest BCUT2D eigenvalue weighted by Gasteiger charge is -2.21. The van der Waals surface area contributed by atoms with Crippen molar-refractivity contribution in [2.24, 2.45) is 0 Å². The van der Waals surface area contributed by atoms with Gasteiger partial charge in [0.1, 0.15) is 30.4 Å². The average Bonchev–Trinajstić information content (AvgIpc) is 3.57. The Bertz CT molecular complexity index is 1660. The summed E-state index contributed by atoms with van der Waals surface area (Å²) in [5, 5.41) is 29.3. The molecule has 41 heavy (non-hydrogen) atoms. The lowest BCUT2D eigenvalue weighted by molar-refractivity contribution is -0.499. The number of hydrogen-bond donors (Lipinski definition) is 6. The van der Waals surface area contributed by atoms with Gasteiger partial charge in [-0.1, -0.05) is 0 Å². The van der Waals surface area contributed by atoms with E-state index in [4.69, 9.17) is 35.3 Å². The van der Waals surface area contributed by atoms with Crippen LogP contribution >= 0.6 is 7.82 Å². The molecule has 21 heteroatoms. The third-order valence-electron chi connectivity index (χ3n) is 6.55. The van der Waals surface area contributed by atoms with E-state index in [1.807, 2.05) is 0 Å². The second-order valence-electron chi connectivity index (χ2n) is 9.24. The average molecular weight is 593 g/mol. The number of phosphoric ester groups is 1. The van der Waals surface area contributed by atoms with Gasteiger partial charge in [-0.05, 0) is 6.07 Å². The maximum absolute atomic E-state index is 12.8. The van der Waals surface area contributed by atoms with Crippen molar-refractivity contribution in [3.05, 3.63) is 39.4 Å². The van der Waals surface area contributed by atoms with Crippen LogP contribution in [0.25, 0.3) is 11.2 Å². The molecule has 8 N–H and O–H groups in total. The summed E-state index contributed by atoms with van der Waals surface area (Å²) >= 11 is 0. The van der Waals surface area contributed by atoms with Crippen molar-refractivity contribution < 1.29 is 42.7 Å². The highest BCUT2D eigenvalue weighted by atomic mass is 31.2. The standard InChI is InChI=1S/C20H24BN9O10P/c22-7-21-30-8-29(17-16(30)18(33)27-19(24)26-17)15-4-10(11(5-31)38-15)40-41(35,36)37-6-12-9(32)3-14(39-12)28-2-1-13(23)25-20(28)34/h1-2,8-12,14-15,31-32H,3-6H2,(H5-,23,24,25,26,27,33,34,35,36)/q-1/p+1. The van der Waals surface area contributed by atoms with E-state index in [-0.39, 0.29) is 35.8 Å². The predicted octanol–water partition coefficient (Wildman–Crippen LogP) is -3.19. The third kappa shape index (κ3) is 5.88. The topological polar surface area (TPSA) is 280 Å². The molecule has 5 heterocycles.